The fourth-order valence-corrected chi connectivity index (χ4v) is 5.47. The van der Waals surface area contributed by atoms with E-state index in [2.05, 4.69) is 42.4 Å². The van der Waals surface area contributed by atoms with Gasteiger partial charge in [0.25, 0.3) is 0 Å². The summed E-state index contributed by atoms with van der Waals surface area (Å²) in [5.74, 6) is -0.229. The number of benzene rings is 2. The van der Waals surface area contributed by atoms with E-state index in [1.165, 1.54) is 34.4 Å². The van der Waals surface area contributed by atoms with Crippen molar-refractivity contribution in [2.45, 2.75) is 50.2 Å². The lowest BCUT2D eigenvalue weighted by atomic mass is 9.81. The second kappa shape index (κ2) is 5.90. The lowest BCUT2D eigenvalue weighted by Crippen LogP contribution is -2.27. The Kier molecular flexibility index (Phi) is 3.49. The standard InChI is InChI=1S/C25H23FN2O/c1-17-4-2-3-5-18(17)10-12-24-13-11-20-14-23-19(15-25(20,24)29-24)16-27-28(23)22-8-6-21(26)7-9-22/h2-9,14,16H,10-13,15H2,1H3/t24-,25?/m0/s1. The van der Waals surface area contributed by atoms with E-state index < -0.39 is 0 Å². The molecule has 0 bridgehead atoms. The number of halogens is 1. The van der Waals surface area contributed by atoms with Crippen LogP contribution in [0.2, 0.25) is 0 Å². The molecule has 1 saturated carbocycles. The zero-order chi connectivity index (χ0) is 19.6. The molecule has 29 heavy (non-hydrogen) atoms. The third kappa shape index (κ3) is 2.42. The van der Waals surface area contributed by atoms with Crippen LogP contribution in [-0.4, -0.2) is 21.0 Å². The van der Waals surface area contributed by atoms with Crippen LogP contribution >= 0.6 is 0 Å². The van der Waals surface area contributed by atoms with Crippen LogP contribution < -0.4 is 0 Å². The van der Waals surface area contributed by atoms with Crippen LogP contribution in [0.3, 0.4) is 0 Å². The molecule has 2 heterocycles. The van der Waals surface area contributed by atoms with Crippen molar-refractivity contribution < 1.29 is 9.13 Å². The van der Waals surface area contributed by atoms with Crippen LogP contribution in [0, 0.1) is 12.7 Å². The van der Waals surface area contributed by atoms with E-state index in [0.717, 1.165) is 43.5 Å². The minimum atomic E-state index is -0.229. The van der Waals surface area contributed by atoms with Gasteiger partial charge in [-0.2, -0.15) is 5.10 Å². The normalized spacial score (nSPS) is 26.5. The molecule has 2 fully saturated rings. The molecule has 0 amide bonds. The molecule has 146 valence electrons. The highest BCUT2D eigenvalue weighted by atomic mass is 19.1. The molecule has 2 aliphatic carbocycles. The van der Waals surface area contributed by atoms with Crippen molar-refractivity contribution in [3.05, 3.63) is 88.5 Å². The fraction of sp³-hybridized carbons (Fsp3) is 0.320. The molecule has 0 N–H and O–H groups in total. The van der Waals surface area contributed by atoms with Crippen molar-refractivity contribution in [1.29, 1.82) is 0 Å². The maximum Gasteiger partial charge on any atom is 0.123 e. The van der Waals surface area contributed by atoms with Crippen molar-refractivity contribution in [1.82, 2.24) is 9.78 Å². The van der Waals surface area contributed by atoms with Gasteiger partial charge in [-0.15, -0.1) is 0 Å². The SMILES string of the molecule is Cc1ccccc1CC[C@]12CCC3=Cc4c(cnn4-c4ccc(F)cc4)CC31O2. The number of rotatable bonds is 4. The Morgan fingerprint density at radius 1 is 1.14 bits per heavy atom. The zero-order valence-corrected chi connectivity index (χ0v) is 16.5. The number of hydrogen-bond acceptors (Lipinski definition) is 2. The van der Waals surface area contributed by atoms with Gasteiger partial charge in [-0.25, -0.2) is 9.07 Å². The molecule has 0 radical (unpaired) electrons. The van der Waals surface area contributed by atoms with Crippen molar-refractivity contribution in [2.75, 3.05) is 0 Å². The first kappa shape index (κ1) is 17.2. The molecule has 4 heteroatoms. The quantitative estimate of drug-likeness (QED) is 0.578. The summed E-state index contributed by atoms with van der Waals surface area (Å²) in [5, 5.41) is 4.60. The summed E-state index contributed by atoms with van der Waals surface area (Å²) in [4.78, 5) is 0. The average molecular weight is 386 g/mol. The van der Waals surface area contributed by atoms with Crippen molar-refractivity contribution in [2.24, 2.45) is 0 Å². The molecule has 6 rings (SSSR count). The molecule has 1 saturated heterocycles. The number of epoxide rings is 1. The Balaban J connectivity index is 1.29. The molecule has 1 spiro atoms. The van der Waals surface area contributed by atoms with Gasteiger partial charge in [0.1, 0.15) is 17.0 Å². The number of nitrogens with zero attached hydrogens (tertiary/aromatic N) is 2. The van der Waals surface area contributed by atoms with E-state index in [0.29, 0.717) is 0 Å². The zero-order valence-electron chi connectivity index (χ0n) is 16.5. The van der Waals surface area contributed by atoms with Gasteiger partial charge in [-0.05, 0) is 79.6 Å². The summed E-state index contributed by atoms with van der Waals surface area (Å²) in [6.45, 7) is 2.19. The van der Waals surface area contributed by atoms with Crippen molar-refractivity contribution in [3.63, 3.8) is 0 Å². The average Bonchev–Trinajstić information content (AvgIpc) is 3.01. The third-order valence-electron chi connectivity index (χ3n) is 7.15. The summed E-state index contributed by atoms with van der Waals surface area (Å²) in [6.07, 6.45) is 9.43. The Bertz CT molecular complexity index is 1150. The van der Waals surface area contributed by atoms with E-state index in [4.69, 9.17) is 4.74 Å². The molecule has 3 aromatic rings. The Labute approximate surface area is 169 Å². The van der Waals surface area contributed by atoms with E-state index >= 15 is 0 Å². The number of aromatic nitrogens is 2. The van der Waals surface area contributed by atoms with E-state index in [-0.39, 0.29) is 17.0 Å². The van der Waals surface area contributed by atoms with Gasteiger partial charge in [0.05, 0.1) is 17.6 Å². The van der Waals surface area contributed by atoms with Crippen LogP contribution in [-0.2, 0) is 17.6 Å². The van der Waals surface area contributed by atoms with Crippen molar-refractivity contribution in [3.8, 4) is 5.69 Å². The van der Waals surface area contributed by atoms with E-state index in [1.807, 2.05) is 10.9 Å². The van der Waals surface area contributed by atoms with Gasteiger partial charge in [-0.3, -0.25) is 0 Å². The highest BCUT2D eigenvalue weighted by molar-refractivity contribution is 5.66. The minimum Gasteiger partial charge on any atom is -0.357 e. The van der Waals surface area contributed by atoms with E-state index in [1.54, 1.807) is 12.1 Å². The number of aryl methyl sites for hydroxylation is 2. The minimum absolute atomic E-state index is 0.0171. The lowest BCUT2D eigenvalue weighted by Gasteiger charge is -2.20. The molecule has 2 aromatic carbocycles. The van der Waals surface area contributed by atoms with E-state index in [9.17, 15) is 4.39 Å². The first-order chi connectivity index (χ1) is 14.1. The maximum atomic E-state index is 13.3. The molecule has 1 unspecified atom stereocenters. The Hall–Kier alpha value is -2.72. The summed E-state index contributed by atoms with van der Waals surface area (Å²) in [7, 11) is 0. The summed E-state index contributed by atoms with van der Waals surface area (Å²) in [6, 6.07) is 15.2. The smallest absolute Gasteiger partial charge is 0.123 e. The molecule has 2 atom stereocenters. The molecular formula is C25H23FN2O. The van der Waals surface area contributed by atoms with Crippen LogP contribution in [0.15, 0.2) is 60.3 Å². The molecule has 1 aromatic heterocycles. The number of ether oxygens (including phenoxy) is 1. The summed E-state index contributed by atoms with van der Waals surface area (Å²) >= 11 is 0. The second-order valence-electron chi connectivity index (χ2n) is 8.64. The number of hydrogen-bond donors (Lipinski definition) is 0. The van der Waals surface area contributed by atoms with Gasteiger partial charge in [-0.1, -0.05) is 24.3 Å². The van der Waals surface area contributed by atoms with Gasteiger partial charge in [0.2, 0.25) is 0 Å². The predicted molar refractivity (Wildman–Crippen MR) is 110 cm³/mol. The number of fused-ring (bicyclic) bond motifs is 1. The largest absolute Gasteiger partial charge is 0.357 e. The predicted octanol–water partition coefficient (Wildman–Crippen LogP) is 5.19. The van der Waals surface area contributed by atoms with Crippen LogP contribution in [0.1, 0.15) is 41.6 Å². The van der Waals surface area contributed by atoms with Crippen LogP contribution in [0.5, 0.6) is 0 Å². The molecule has 1 aliphatic heterocycles. The first-order valence-corrected chi connectivity index (χ1v) is 10.4. The van der Waals surface area contributed by atoms with Crippen LogP contribution in [0.4, 0.5) is 4.39 Å². The monoisotopic (exact) mass is 386 g/mol. The lowest BCUT2D eigenvalue weighted by molar-refractivity contribution is 0.235. The fourth-order valence-electron chi connectivity index (χ4n) is 5.47. The third-order valence-corrected chi connectivity index (χ3v) is 7.15. The Morgan fingerprint density at radius 3 is 2.79 bits per heavy atom. The molecule has 3 nitrogen and oxygen atoms in total. The topological polar surface area (TPSA) is 30.4 Å². The highest BCUT2D eigenvalue weighted by Crippen LogP contribution is 2.67. The first-order valence-electron chi connectivity index (χ1n) is 10.4. The van der Waals surface area contributed by atoms with Gasteiger partial charge in [0.15, 0.2) is 0 Å². The summed E-state index contributed by atoms with van der Waals surface area (Å²) < 4.78 is 21.8. The molecular weight excluding hydrogens is 363 g/mol. The van der Waals surface area contributed by atoms with Gasteiger partial charge >= 0.3 is 0 Å². The van der Waals surface area contributed by atoms with Crippen LogP contribution in [0.25, 0.3) is 11.8 Å². The van der Waals surface area contributed by atoms with Gasteiger partial charge < -0.3 is 4.74 Å². The Morgan fingerprint density at radius 2 is 1.97 bits per heavy atom. The maximum absolute atomic E-state index is 13.3. The molecule has 3 aliphatic rings. The highest BCUT2D eigenvalue weighted by Gasteiger charge is 2.74. The summed E-state index contributed by atoms with van der Waals surface area (Å²) in [5.41, 5.74) is 7.26. The van der Waals surface area contributed by atoms with Crippen molar-refractivity contribution >= 4 is 6.08 Å². The van der Waals surface area contributed by atoms with Gasteiger partial charge in [0, 0.05) is 12.0 Å². The second-order valence-corrected chi connectivity index (χ2v) is 8.64.